The van der Waals surface area contributed by atoms with Crippen molar-refractivity contribution in [3.8, 4) is 0 Å². The van der Waals surface area contributed by atoms with E-state index in [1.165, 1.54) is 0 Å². The fraction of sp³-hybridized carbons (Fsp3) is 0.143. The molecule has 0 fully saturated rings. The van der Waals surface area contributed by atoms with Crippen molar-refractivity contribution >= 4 is 28.9 Å². The third-order valence-corrected chi connectivity index (χ3v) is 4.27. The van der Waals surface area contributed by atoms with Gasteiger partial charge in [0.2, 0.25) is 5.91 Å². The molecule has 4 nitrogen and oxygen atoms in total. The molecule has 1 aliphatic rings. The molecule has 1 aliphatic heterocycles. The Bertz CT molecular complexity index is 645. The van der Waals surface area contributed by atoms with Gasteiger partial charge in [-0.1, -0.05) is 12.1 Å². The van der Waals surface area contributed by atoms with E-state index < -0.39 is 5.97 Å². The Morgan fingerprint density at radius 2 is 2.00 bits per heavy atom. The molecule has 0 unspecified atom stereocenters. The molecule has 2 heterocycles. The van der Waals surface area contributed by atoms with Crippen molar-refractivity contribution in [1.29, 1.82) is 0 Å². The molecule has 0 spiro atoms. The van der Waals surface area contributed by atoms with Gasteiger partial charge in [-0.3, -0.25) is 4.79 Å². The van der Waals surface area contributed by atoms with Gasteiger partial charge in [-0.05, 0) is 29.1 Å². The Morgan fingerprint density at radius 1 is 1.26 bits per heavy atom. The van der Waals surface area contributed by atoms with E-state index in [4.69, 9.17) is 5.11 Å². The average Bonchev–Trinajstić information content (AvgIpc) is 2.85. The van der Waals surface area contributed by atoms with Crippen LogP contribution in [0.15, 0.2) is 35.7 Å². The number of fused-ring (bicyclic) bond motifs is 1. The van der Waals surface area contributed by atoms with Gasteiger partial charge in [-0.2, -0.15) is 0 Å². The highest BCUT2D eigenvalue weighted by molar-refractivity contribution is 7.10. The summed E-state index contributed by atoms with van der Waals surface area (Å²) in [6.07, 6.45) is 0.403. The average molecular weight is 273 g/mol. The molecule has 0 saturated carbocycles. The first-order valence-corrected chi connectivity index (χ1v) is 6.73. The first-order chi connectivity index (χ1) is 9.15. The first kappa shape index (κ1) is 11.9. The monoisotopic (exact) mass is 273 g/mol. The van der Waals surface area contributed by atoms with Gasteiger partial charge in [-0.25, -0.2) is 4.79 Å². The molecule has 19 heavy (non-hydrogen) atoms. The predicted octanol–water partition coefficient (Wildman–Crippen LogP) is 2.92. The normalized spacial score (nSPS) is 17.7. The highest BCUT2D eigenvalue weighted by Crippen LogP contribution is 2.40. The molecule has 0 saturated heterocycles. The van der Waals surface area contributed by atoms with Gasteiger partial charge >= 0.3 is 5.97 Å². The fourth-order valence-electron chi connectivity index (χ4n) is 2.30. The summed E-state index contributed by atoms with van der Waals surface area (Å²) in [5.74, 6) is -0.922. The Labute approximate surface area is 113 Å². The first-order valence-electron chi connectivity index (χ1n) is 5.85. The number of anilines is 1. The summed E-state index contributed by atoms with van der Waals surface area (Å²) in [6.45, 7) is 0. The third kappa shape index (κ3) is 2.13. The lowest BCUT2D eigenvalue weighted by atomic mass is 9.90. The second-order valence-corrected chi connectivity index (χ2v) is 5.38. The van der Waals surface area contributed by atoms with Crippen LogP contribution in [0.25, 0.3) is 0 Å². The van der Waals surface area contributed by atoms with Crippen molar-refractivity contribution in [2.75, 3.05) is 5.32 Å². The molecule has 2 aromatic rings. The standard InChI is InChI=1S/C14H11NO3S/c16-12-7-10(13-11(15-12)5-6-19-13)8-1-3-9(4-2-8)14(17)18/h1-6,10H,7H2,(H,15,16)(H,17,18)/t10-/m1/s1. The molecule has 0 radical (unpaired) electrons. The number of thiophene rings is 1. The molecule has 96 valence electrons. The van der Waals surface area contributed by atoms with E-state index in [0.717, 1.165) is 16.1 Å². The van der Waals surface area contributed by atoms with E-state index in [1.54, 1.807) is 35.6 Å². The summed E-state index contributed by atoms with van der Waals surface area (Å²) in [5.41, 5.74) is 2.10. The molecule has 1 aromatic heterocycles. The summed E-state index contributed by atoms with van der Waals surface area (Å²) < 4.78 is 0. The zero-order valence-corrected chi connectivity index (χ0v) is 10.7. The van der Waals surface area contributed by atoms with Gasteiger partial charge in [0.1, 0.15) is 0 Å². The molecule has 0 bridgehead atoms. The minimum atomic E-state index is -0.940. The molecule has 0 aliphatic carbocycles. The van der Waals surface area contributed by atoms with E-state index in [9.17, 15) is 9.59 Å². The number of nitrogens with one attached hydrogen (secondary N) is 1. The number of benzene rings is 1. The van der Waals surface area contributed by atoms with Crippen LogP contribution in [0.2, 0.25) is 0 Å². The quantitative estimate of drug-likeness (QED) is 0.884. The summed E-state index contributed by atoms with van der Waals surface area (Å²) in [7, 11) is 0. The Balaban J connectivity index is 1.99. The molecule has 5 heteroatoms. The van der Waals surface area contributed by atoms with Crippen molar-refractivity contribution in [2.45, 2.75) is 12.3 Å². The Morgan fingerprint density at radius 3 is 2.68 bits per heavy atom. The van der Waals surface area contributed by atoms with Crippen molar-refractivity contribution in [2.24, 2.45) is 0 Å². The minimum absolute atomic E-state index is 0.00166. The van der Waals surface area contributed by atoms with Crippen molar-refractivity contribution in [3.63, 3.8) is 0 Å². The van der Waals surface area contributed by atoms with Crippen LogP contribution >= 0.6 is 11.3 Å². The summed E-state index contributed by atoms with van der Waals surface area (Å²) >= 11 is 1.61. The number of carboxylic acids is 1. The van der Waals surface area contributed by atoms with Crippen molar-refractivity contribution in [1.82, 2.24) is 0 Å². The number of aromatic carboxylic acids is 1. The highest BCUT2D eigenvalue weighted by Gasteiger charge is 2.27. The van der Waals surface area contributed by atoms with Crippen LogP contribution in [0.1, 0.15) is 33.1 Å². The maximum atomic E-state index is 11.7. The Hall–Kier alpha value is -2.14. The molecule has 1 aromatic carbocycles. The number of rotatable bonds is 2. The van der Waals surface area contributed by atoms with Crippen LogP contribution in [0.4, 0.5) is 5.69 Å². The molecular formula is C14H11NO3S. The smallest absolute Gasteiger partial charge is 0.335 e. The highest BCUT2D eigenvalue weighted by atomic mass is 32.1. The van der Waals surface area contributed by atoms with Gasteiger partial charge in [0.25, 0.3) is 0 Å². The van der Waals surface area contributed by atoms with Gasteiger partial charge in [0.15, 0.2) is 0 Å². The zero-order valence-electron chi connectivity index (χ0n) is 9.92. The van der Waals surface area contributed by atoms with Gasteiger partial charge < -0.3 is 10.4 Å². The van der Waals surface area contributed by atoms with Crippen LogP contribution in [-0.4, -0.2) is 17.0 Å². The van der Waals surface area contributed by atoms with Crippen LogP contribution in [0.5, 0.6) is 0 Å². The van der Waals surface area contributed by atoms with Gasteiger partial charge in [0, 0.05) is 17.2 Å². The second kappa shape index (κ2) is 4.51. The molecule has 1 atom stereocenters. The number of carboxylic acid groups (broad SMARTS) is 1. The second-order valence-electron chi connectivity index (χ2n) is 4.43. The molecule has 3 rings (SSSR count). The van der Waals surface area contributed by atoms with E-state index >= 15 is 0 Å². The Kier molecular flexibility index (Phi) is 2.83. The zero-order chi connectivity index (χ0) is 13.4. The number of hydrogen-bond acceptors (Lipinski definition) is 3. The van der Waals surface area contributed by atoms with E-state index in [-0.39, 0.29) is 17.4 Å². The number of carbonyl (C=O) groups is 2. The van der Waals surface area contributed by atoms with E-state index in [1.807, 2.05) is 11.4 Å². The maximum Gasteiger partial charge on any atom is 0.335 e. The van der Waals surface area contributed by atoms with Crippen LogP contribution in [0.3, 0.4) is 0 Å². The third-order valence-electron chi connectivity index (χ3n) is 3.24. The molecular weight excluding hydrogens is 262 g/mol. The summed E-state index contributed by atoms with van der Waals surface area (Å²) in [4.78, 5) is 23.6. The van der Waals surface area contributed by atoms with Crippen molar-refractivity contribution in [3.05, 3.63) is 51.7 Å². The largest absolute Gasteiger partial charge is 0.478 e. The predicted molar refractivity (Wildman–Crippen MR) is 72.8 cm³/mol. The number of hydrogen-bond donors (Lipinski definition) is 2. The van der Waals surface area contributed by atoms with E-state index in [0.29, 0.717) is 6.42 Å². The minimum Gasteiger partial charge on any atom is -0.478 e. The van der Waals surface area contributed by atoms with Crippen molar-refractivity contribution < 1.29 is 14.7 Å². The lowest BCUT2D eigenvalue weighted by Gasteiger charge is -2.22. The van der Waals surface area contributed by atoms with Gasteiger partial charge in [0.05, 0.1) is 11.3 Å². The fourth-order valence-corrected chi connectivity index (χ4v) is 3.28. The van der Waals surface area contributed by atoms with Crippen LogP contribution in [-0.2, 0) is 4.79 Å². The van der Waals surface area contributed by atoms with Gasteiger partial charge in [-0.15, -0.1) is 11.3 Å². The van der Waals surface area contributed by atoms with Crippen LogP contribution in [0, 0.1) is 0 Å². The topological polar surface area (TPSA) is 66.4 Å². The molecule has 1 amide bonds. The summed E-state index contributed by atoms with van der Waals surface area (Å²) in [6, 6.07) is 8.64. The molecule has 2 N–H and O–H groups in total. The number of carbonyl (C=O) groups excluding carboxylic acids is 1. The SMILES string of the molecule is O=C1C[C@H](c2ccc(C(=O)O)cc2)c2sccc2N1. The van der Waals surface area contributed by atoms with Crippen LogP contribution < -0.4 is 5.32 Å². The summed E-state index contributed by atoms with van der Waals surface area (Å²) in [5, 5.41) is 13.7. The number of amides is 1. The lowest BCUT2D eigenvalue weighted by Crippen LogP contribution is -2.21. The lowest BCUT2D eigenvalue weighted by molar-refractivity contribution is -0.116. The van der Waals surface area contributed by atoms with E-state index in [2.05, 4.69) is 5.32 Å². The maximum absolute atomic E-state index is 11.7.